The summed E-state index contributed by atoms with van der Waals surface area (Å²) in [5, 5.41) is 10.1. The SMILES string of the molecule is Cc1sc(N2CCN(C(=O)c3ccc4c(n3)C(C)(C)CN4c3ccc(Cl)c(F)c3)C(C)(C)C2)nc1C(=O)O.Cl. The molecule has 1 amide bonds. The summed E-state index contributed by atoms with van der Waals surface area (Å²) in [5.41, 5.74) is 1.84. The third kappa shape index (κ3) is 5.17. The van der Waals surface area contributed by atoms with Gasteiger partial charge in [-0.1, -0.05) is 25.4 Å². The first-order valence-electron chi connectivity index (χ1n) is 12.3. The minimum atomic E-state index is -1.04. The molecule has 5 rings (SSSR count). The molecule has 0 aliphatic carbocycles. The molecule has 39 heavy (non-hydrogen) atoms. The molecule has 12 heteroatoms. The van der Waals surface area contributed by atoms with Gasteiger partial charge in [-0.2, -0.15) is 0 Å². The molecule has 208 valence electrons. The fourth-order valence-corrected chi connectivity index (χ4v) is 6.32. The number of carboxylic acids is 1. The third-order valence-electron chi connectivity index (χ3n) is 7.20. The fourth-order valence-electron chi connectivity index (χ4n) is 5.27. The zero-order valence-electron chi connectivity index (χ0n) is 22.3. The summed E-state index contributed by atoms with van der Waals surface area (Å²) in [6.45, 7) is 11.9. The highest BCUT2D eigenvalue weighted by Gasteiger charge is 2.41. The van der Waals surface area contributed by atoms with Gasteiger partial charge in [-0.3, -0.25) is 4.79 Å². The van der Waals surface area contributed by atoms with Crippen molar-refractivity contribution < 1.29 is 19.1 Å². The van der Waals surface area contributed by atoms with Gasteiger partial charge in [0.2, 0.25) is 0 Å². The van der Waals surface area contributed by atoms with Crippen molar-refractivity contribution in [1.29, 1.82) is 0 Å². The van der Waals surface area contributed by atoms with E-state index in [0.29, 0.717) is 47.6 Å². The van der Waals surface area contributed by atoms with E-state index < -0.39 is 17.3 Å². The smallest absolute Gasteiger partial charge is 0.355 e. The lowest BCUT2D eigenvalue weighted by atomic mass is 9.91. The Bertz CT molecular complexity index is 1460. The standard InChI is InChI=1S/C27H29ClFN5O3S.ClH/c1-15-21(24(36)37)31-25(38-15)32-10-11-34(27(4,5)14-32)23(35)19-8-9-20-22(30-19)26(2,3)13-33(20)16-6-7-17(28)18(29)12-16;/h6-9,12H,10-11,13-14H2,1-5H3,(H,36,37);1H. The molecule has 8 nitrogen and oxygen atoms in total. The molecular formula is C27H30Cl2FN5O3S. The quantitative estimate of drug-likeness (QED) is 0.401. The van der Waals surface area contributed by atoms with Crippen LogP contribution in [0.5, 0.6) is 0 Å². The number of hydrogen-bond donors (Lipinski definition) is 1. The lowest BCUT2D eigenvalue weighted by Crippen LogP contribution is -2.61. The van der Waals surface area contributed by atoms with Gasteiger partial charge in [-0.15, -0.1) is 23.7 Å². The van der Waals surface area contributed by atoms with E-state index in [4.69, 9.17) is 16.6 Å². The van der Waals surface area contributed by atoms with Gasteiger partial charge in [0, 0.05) is 42.2 Å². The number of hydrogen-bond acceptors (Lipinski definition) is 7. The zero-order chi connectivity index (χ0) is 27.6. The molecule has 1 fully saturated rings. The number of halogens is 3. The van der Waals surface area contributed by atoms with E-state index >= 15 is 0 Å². The second-order valence-electron chi connectivity index (χ2n) is 11.0. The third-order valence-corrected chi connectivity index (χ3v) is 8.54. The number of carbonyl (C=O) groups is 2. The van der Waals surface area contributed by atoms with Crippen LogP contribution in [0, 0.1) is 12.7 Å². The summed E-state index contributed by atoms with van der Waals surface area (Å²) in [6, 6.07) is 8.35. The summed E-state index contributed by atoms with van der Waals surface area (Å²) in [7, 11) is 0. The highest BCUT2D eigenvalue weighted by atomic mass is 35.5. The van der Waals surface area contributed by atoms with E-state index in [1.54, 1.807) is 25.1 Å². The Hall–Kier alpha value is -2.95. The maximum absolute atomic E-state index is 14.2. The van der Waals surface area contributed by atoms with Crippen LogP contribution in [0.15, 0.2) is 30.3 Å². The molecular weight excluding hydrogens is 564 g/mol. The lowest BCUT2D eigenvalue weighted by molar-refractivity contribution is 0.0508. The van der Waals surface area contributed by atoms with E-state index in [1.165, 1.54) is 17.4 Å². The number of pyridine rings is 1. The average molecular weight is 595 g/mol. The first-order valence-corrected chi connectivity index (χ1v) is 13.5. The van der Waals surface area contributed by atoms with Crippen molar-refractivity contribution in [2.45, 2.75) is 45.6 Å². The van der Waals surface area contributed by atoms with Crippen LogP contribution in [0.25, 0.3) is 0 Å². The normalized spacial score (nSPS) is 17.6. The molecule has 1 saturated heterocycles. The fraction of sp³-hybridized carbons (Fsp3) is 0.407. The number of aryl methyl sites for hydroxylation is 1. The van der Waals surface area contributed by atoms with Crippen molar-refractivity contribution in [2.75, 3.05) is 36.0 Å². The van der Waals surface area contributed by atoms with Crippen molar-refractivity contribution in [2.24, 2.45) is 0 Å². The van der Waals surface area contributed by atoms with Gasteiger partial charge in [0.1, 0.15) is 11.5 Å². The second-order valence-corrected chi connectivity index (χ2v) is 12.6. The van der Waals surface area contributed by atoms with Gasteiger partial charge in [-0.25, -0.2) is 19.2 Å². The van der Waals surface area contributed by atoms with Crippen LogP contribution in [-0.2, 0) is 5.41 Å². The lowest BCUT2D eigenvalue weighted by Gasteiger charge is -2.47. The number of thiazole rings is 1. The van der Waals surface area contributed by atoms with Crippen molar-refractivity contribution in [3.63, 3.8) is 0 Å². The number of carbonyl (C=O) groups excluding carboxylic acids is 1. The minimum absolute atomic E-state index is 0. The molecule has 0 unspecified atom stereocenters. The maximum atomic E-state index is 14.2. The number of benzene rings is 1. The molecule has 0 saturated carbocycles. The summed E-state index contributed by atoms with van der Waals surface area (Å²) in [5.74, 6) is -1.68. The molecule has 4 heterocycles. The summed E-state index contributed by atoms with van der Waals surface area (Å²) in [6.07, 6.45) is 0. The van der Waals surface area contributed by atoms with Crippen LogP contribution in [0.3, 0.4) is 0 Å². The largest absolute Gasteiger partial charge is 0.476 e. The van der Waals surface area contributed by atoms with Crippen molar-refractivity contribution in [3.8, 4) is 0 Å². The molecule has 1 aromatic carbocycles. The molecule has 0 radical (unpaired) electrons. The van der Waals surface area contributed by atoms with Gasteiger partial charge in [0.05, 0.1) is 21.9 Å². The van der Waals surface area contributed by atoms with E-state index in [-0.39, 0.29) is 34.4 Å². The highest BCUT2D eigenvalue weighted by Crippen LogP contribution is 2.44. The van der Waals surface area contributed by atoms with Crippen LogP contribution >= 0.6 is 35.3 Å². The molecule has 0 bridgehead atoms. The van der Waals surface area contributed by atoms with E-state index in [9.17, 15) is 19.1 Å². The van der Waals surface area contributed by atoms with Gasteiger partial charge >= 0.3 is 5.97 Å². The molecule has 2 aliphatic heterocycles. The Balaban J connectivity index is 0.00000353. The Morgan fingerprint density at radius 3 is 2.41 bits per heavy atom. The minimum Gasteiger partial charge on any atom is -0.476 e. The first kappa shape index (κ1) is 29.0. The topological polar surface area (TPSA) is 89.9 Å². The highest BCUT2D eigenvalue weighted by molar-refractivity contribution is 7.15. The van der Waals surface area contributed by atoms with Crippen LogP contribution in [0.4, 0.5) is 20.9 Å². The number of amides is 1. The number of aromatic carboxylic acids is 1. The molecule has 1 N–H and O–H groups in total. The number of fused-ring (bicyclic) bond motifs is 1. The van der Waals surface area contributed by atoms with Crippen molar-refractivity contribution >= 4 is 63.7 Å². The second kappa shape index (κ2) is 10.2. The summed E-state index contributed by atoms with van der Waals surface area (Å²) in [4.78, 5) is 40.8. The number of carboxylic acid groups (broad SMARTS) is 1. The summed E-state index contributed by atoms with van der Waals surface area (Å²) >= 11 is 7.23. The van der Waals surface area contributed by atoms with Gasteiger partial charge < -0.3 is 19.8 Å². The van der Waals surface area contributed by atoms with Crippen LogP contribution < -0.4 is 9.80 Å². The Kier molecular flexibility index (Phi) is 7.61. The van der Waals surface area contributed by atoms with Crippen molar-refractivity contribution in [1.82, 2.24) is 14.9 Å². The number of anilines is 3. The predicted molar refractivity (Wildman–Crippen MR) is 154 cm³/mol. The van der Waals surface area contributed by atoms with Gasteiger partial charge in [0.25, 0.3) is 5.91 Å². The first-order chi connectivity index (χ1) is 17.8. The number of aromatic nitrogens is 2. The maximum Gasteiger partial charge on any atom is 0.355 e. The Morgan fingerprint density at radius 1 is 1.08 bits per heavy atom. The Labute approximate surface area is 241 Å². The molecule has 3 aromatic rings. The number of rotatable bonds is 4. The molecule has 0 spiro atoms. The number of piperazine rings is 1. The molecule has 2 aliphatic rings. The van der Waals surface area contributed by atoms with E-state index in [0.717, 1.165) is 11.4 Å². The van der Waals surface area contributed by atoms with Crippen LogP contribution in [0.1, 0.15) is 59.2 Å². The van der Waals surface area contributed by atoms with Crippen LogP contribution in [-0.4, -0.2) is 63.6 Å². The van der Waals surface area contributed by atoms with Gasteiger partial charge in [0.15, 0.2) is 10.8 Å². The van der Waals surface area contributed by atoms with E-state index in [1.807, 2.05) is 34.6 Å². The monoisotopic (exact) mass is 593 g/mol. The average Bonchev–Trinajstić information content (AvgIpc) is 3.37. The van der Waals surface area contributed by atoms with Crippen molar-refractivity contribution in [3.05, 3.63) is 63.1 Å². The Morgan fingerprint density at radius 2 is 1.79 bits per heavy atom. The number of nitrogens with zero attached hydrogens (tertiary/aromatic N) is 5. The zero-order valence-corrected chi connectivity index (χ0v) is 24.7. The van der Waals surface area contributed by atoms with Gasteiger partial charge in [-0.05, 0) is 51.1 Å². The van der Waals surface area contributed by atoms with E-state index in [2.05, 4.69) is 18.8 Å². The molecule has 0 atom stereocenters. The predicted octanol–water partition coefficient (Wildman–Crippen LogP) is 5.93. The van der Waals surface area contributed by atoms with Crippen LogP contribution in [0.2, 0.25) is 5.02 Å². The summed E-state index contributed by atoms with van der Waals surface area (Å²) < 4.78 is 14.2. The molecule has 2 aromatic heterocycles.